The number of hydrogen-bond acceptors (Lipinski definition) is 8. The van der Waals surface area contributed by atoms with Crippen LogP contribution in [0.2, 0.25) is 0 Å². The maximum Gasteiger partial charge on any atom is 0.226 e. The zero-order valence-corrected chi connectivity index (χ0v) is 21.8. The lowest BCUT2D eigenvalue weighted by atomic mass is 9.81. The lowest BCUT2D eigenvalue weighted by molar-refractivity contribution is -0.120. The largest absolute Gasteiger partial charge is 0.502 e. The predicted octanol–water partition coefficient (Wildman–Crippen LogP) is 5.23. The number of hydrogen-bond donors (Lipinski definition) is 2. The molecule has 198 valence electrons. The number of Topliss-reactive ketones (excluding diaryl/α,β-unsaturated/α-hetero) is 2. The van der Waals surface area contributed by atoms with Crippen LogP contribution in [0.3, 0.4) is 0 Å². The fraction of sp³-hybridized carbons (Fsp3) is 0.571. The van der Waals surface area contributed by atoms with E-state index < -0.39 is 27.8 Å². The topological polar surface area (TPSA) is 135 Å². The van der Waals surface area contributed by atoms with Crippen molar-refractivity contribution in [2.45, 2.75) is 90.9 Å². The third-order valence-electron chi connectivity index (χ3n) is 7.27. The SMILES string of the molecule is CC(CCC(=O)CCCC(=O)CCC(C)(C)c1cc(=O)c(O)co1)C(C)C(C)c1cc(=O)c(O)co1. The van der Waals surface area contributed by atoms with Gasteiger partial charge in [-0.1, -0.05) is 34.6 Å². The summed E-state index contributed by atoms with van der Waals surface area (Å²) in [5.74, 6) is 0.584. The number of carbonyl (C=O) groups excluding carboxylic acids is 2. The van der Waals surface area contributed by atoms with Gasteiger partial charge in [-0.15, -0.1) is 0 Å². The van der Waals surface area contributed by atoms with Gasteiger partial charge in [0.15, 0.2) is 11.5 Å². The van der Waals surface area contributed by atoms with Gasteiger partial charge in [-0.05, 0) is 31.1 Å². The fourth-order valence-corrected chi connectivity index (χ4v) is 4.13. The van der Waals surface area contributed by atoms with E-state index in [1.54, 1.807) is 0 Å². The van der Waals surface area contributed by atoms with Gasteiger partial charge < -0.3 is 19.0 Å². The van der Waals surface area contributed by atoms with Crippen molar-refractivity contribution >= 4 is 11.6 Å². The molecule has 2 heterocycles. The van der Waals surface area contributed by atoms with Crippen LogP contribution in [-0.2, 0) is 15.0 Å². The summed E-state index contributed by atoms with van der Waals surface area (Å²) in [6.07, 6.45) is 5.18. The Balaban J connectivity index is 1.71. The molecule has 36 heavy (non-hydrogen) atoms. The van der Waals surface area contributed by atoms with Crippen molar-refractivity contribution in [2.24, 2.45) is 11.8 Å². The lowest BCUT2D eigenvalue weighted by Crippen LogP contribution is -2.20. The van der Waals surface area contributed by atoms with Crippen LogP contribution in [0.5, 0.6) is 11.5 Å². The second kappa shape index (κ2) is 12.7. The van der Waals surface area contributed by atoms with E-state index in [0.717, 1.165) is 12.5 Å². The summed E-state index contributed by atoms with van der Waals surface area (Å²) in [7, 11) is 0. The standard InChI is InChI=1S/C28H38O8/c1-17(18(2)19(3)26-13-22(31)24(33)15-35-26)9-10-20(29)7-6-8-21(30)11-12-28(4,5)27-14-23(32)25(34)16-36-27/h13-19,33-34H,6-12H2,1-5H3. The molecular formula is C28H38O8. The van der Waals surface area contributed by atoms with Gasteiger partial charge in [-0.2, -0.15) is 0 Å². The van der Waals surface area contributed by atoms with Gasteiger partial charge in [-0.25, -0.2) is 0 Å². The number of aromatic hydroxyl groups is 2. The van der Waals surface area contributed by atoms with Gasteiger partial charge in [0.1, 0.15) is 35.6 Å². The molecule has 0 aliphatic carbocycles. The predicted molar refractivity (Wildman–Crippen MR) is 135 cm³/mol. The molecule has 0 saturated carbocycles. The van der Waals surface area contributed by atoms with E-state index >= 15 is 0 Å². The van der Waals surface area contributed by atoms with Gasteiger partial charge in [0, 0.05) is 49.1 Å². The molecular weight excluding hydrogens is 464 g/mol. The highest BCUT2D eigenvalue weighted by Crippen LogP contribution is 2.32. The Bertz CT molecular complexity index is 1160. The summed E-state index contributed by atoms with van der Waals surface area (Å²) >= 11 is 0. The molecule has 0 amide bonds. The van der Waals surface area contributed by atoms with E-state index in [1.165, 1.54) is 12.1 Å². The Morgan fingerprint density at radius 2 is 1.42 bits per heavy atom. The molecule has 0 fully saturated rings. The Morgan fingerprint density at radius 1 is 0.861 bits per heavy atom. The first-order valence-electron chi connectivity index (χ1n) is 12.5. The molecule has 0 aliphatic heterocycles. The molecule has 2 aromatic rings. The van der Waals surface area contributed by atoms with E-state index in [0.29, 0.717) is 56.5 Å². The first-order chi connectivity index (χ1) is 16.8. The first kappa shape index (κ1) is 29.1. The quantitative estimate of drug-likeness (QED) is 0.359. The van der Waals surface area contributed by atoms with Gasteiger partial charge >= 0.3 is 0 Å². The minimum Gasteiger partial charge on any atom is -0.502 e. The van der Waals surface area contributed by atoms with Crippen LogP contribution in [0, 0.1) is 11.8 Å². The molecule has 8 heteroatoms. The van der Waals surface area contributed by atoms with Gasteiger partial charge in [0.05, 0.1) is 0 Å². The molecule has 0 saturated heterocycles. The van der Waals surface area contributed by atoms with Crippen LogP contribution in [-0.4, -0.2) is 21.8 Å². The minimum atomic E-state index is -0.537. The van der Waals surface area contributed by atoms with Crippen molar-refractivity contribution < 1.29 is 28.6 Å². The Labute approximate surface area is 211 Å². The van der Waals surface area contributed by atoms with E-state index in [4.69, 9.17) is 8.83 Å². The van der Waals surface area contributed by atoms with Crippen molar-refractivity contribution in [2.75, 3.05) is 0 Å². The molecule has 8 nitrogen and oxygen atoms in total. The molecule has 0 aliphatic rings. The summed E-state index contributed by atoms with van der Waals surface area (Å²) in [5, 5.41) is 18.7. The normalized spacial score (nSPS) is 14.2. The zero-order chi connectivity index (χ0) is 27.0. The van der Waals surface area contributed by atoms with Crippen molar-refractivity contribution in [3.05, 3.63) is 56.6 Å². The van der Waals surface area contributed by atoms with Crippen LogP contribution in [0.15, 0.2) is 43.1 Å². The van der Waals surface area contributed by atoms with Crippen LogP contribution in [0.4, 0.5) is 0 Å². The molecule has 0 aromatic carbocycles. The number of rotatable bonds is 14. The minimum absolute atomic E-state index is 0.0418. The van der Waals surface area contributed by atoms with Crippen LogP contribution >= 0.6 is 0 Å². The third kappa shape index (κ3) is 8.21. The molecule has 0 bridgehead atoms. The second-order valence-corrected chi connectivity index (χ2v) is 10.5. The average Bonchev–Trinajstić information content (AvgIpc) is 2.83. The number of carbonyl (C=O) groups is 2. The lowest BCUT2D eigenvalue weighted by Gasteiger charge is -2.25. The Morgan fingerprint density at radius 3 is 2.00 bits per heavy atom. The van der Waals surface area contributed by atoms with Crippen LogP contribution in [0.25, 0.3) is 0 Å². The second-order valence-electron chi connectivity index (χ2n) is 10.5. The van der Waals surface area contributed by atoms with E-state index in [1.807, 2.05) is 20.8 Å². The number of ketones is 2. The summed E-state index contributed by atoms with van der Waals surface area (Å²) in [4.78, 5) is 48.0. The van der Waals surface area contributed by atoms with E-state index in [-0.39, 0.29) is 29.3 Å². The monoisotopic (exact) mass is 502 g/mol. The van der Waals surface area contributed by atoms with Crippen LogP contribution in [0.1, 0.15) is 97.0 Å². The molecule has 3 atom stereocenters. The van der Waals surface area contributed by atoms with Crippen molar-refractivity contribution in [3.63, 3.8) is 0 Å². The van der Waals surface area contributed by atoms with Crippen molar-refractivity contribution in [3.8, 4) is 11.5 Å². The average molecular weight is 503 g/mol. The molecule has 0 spiro atoms. The molecule has 2 rings (SSSR count). The highest BCUT2D eigenvalue weighted by Gasteiger charge is 2.26. The molecule has 2 aromatic heterocycles. The van der Waals surface area contributed by atoms with Gasteiger partial charge in [-0.3, -0.25) is 19.2 Å². The Hall–Kier alpha value is -3.16. The van der Waals surface area contributed by atoms with Crippen LogP contribution < -0.4 is 10.9 Å². The van der Waals surface area contributed by atoms with Crippen molar-refractivity contribution in [1.29, 1.82) is 0 Å². The van der Waals surface area contributed by atoms with E-state index in [2.05, 4.69) is 13.8 Å². The zero-order valence-electron chi connectivity index (χ0n) is 21.8. The summed E-state index contributed by atoms with van der Waals surface area (Å²) in [6.45, 7) is 9.82. The fourth-order valence-electron chi connectivity index (χ4n) is 4.13. The molecule has 0 radical (unpaired) electrons. The van der Waals surface area contributed by atoms with Gasteiger partial charge in [0.25, 0.3) is 0 Å². The highest BCUT2D eigenvalue weighted by molar-refractivity contribution is 5.81. The smallest absolute Gasteiger partial charge is 0.226 e. The van der Waals surface area contributed by atoms with E-state index in [9.17, 15) is 29.4 Å². The first-order valence-corrected chi connectivity index (χ1v) is 12.5. The third-order valence-corrected chi connectivity index (χ3v) is 7.27. The maximum absolute atomic E-state index is 12.4. The molecule has 2 N–H and O–H groups in total. The molecule has 3 unspecified atom stereocenters. The van der Waals surface area contributed by atoms with Crippen molar-refractivity contribution in [1.82, 2.24) is 0 Å². The highest BCUT2D eigenvalue weighted by atomic mass is 16.4. The maximum atomic E-state index is 12.4. The summed E-state index contributed by atoms with van der Waals surface area (Å²) in [6, 6.07) is 2.56. The Kier molecular flexibility index (Phi) is 10.3. The summed E-state index contributed by atoms with van der Waals surface area (Å²) in [5.41, 5.74) is -1.52. The summed E-state index contributed by atoms with van der Waals surface area (Å²) < 4.78 is 10.7. The van der Waals surface area contributed by atoms with Gasteiger partial charge in [0.2, 0.25) is 10.9 Å².